The van der Waals surface area contributed by atoms with Gasteiger partial charge < -0.3 is 4.74 Å². The van der Waals surface area contributed by atoms with E-state index in [1.54, 1.807) is 7.11 Å². The lowest BCUT2D eigenvalue weighted by Gasteiger charge is -2.03. The zero-order valence-electron chi connectivity index (χ0n) is 8.36. The zero-order valence-corrected chi connectivity index (χ0v) is 8.36. The summed E-state index contributed by atoms with van der Waals surface area (Å²) in [5.41, 5.74) is 7.05. The Morgan fingerprint density at radius 1 is 1.29 bits per heavy atom. The minimum absolute atomic E-state index is 0.881. The van der Waals surface area contributed by atoms with Crippen LogP contribution in [0.3, 0.4) is 0 Å². The van der Waals surface area contributed by atoms with Gasteiger partial charge in [0.05, 0.1) is 20.1 Å². The van der Waals surface area contributed by atoms with Crippen molar-refractivity contribution in [2.75, 3.05) is 13.7 Å². The van der Waals surface area contributed by atoms with Gasteiger partial charge in [0.25, 0.3) is 0 Å². The van der Waals surface area contributed by atoms with Gasteiger partial charge >= 0.3 is 0 Å². The molecule has 0 saturated heterocycles. The Bertz CT molecular complexity index is 354. The number of hydrogen-bond donors (Lipinski definition) is 1. The summed E-state index contributed by atoms with van der Waals surface area (Å²) in [6.07, 6.45) is 2.16. The minimum Gasteiger partial charge on any atom is -0.497 e. The molecule has 0 aliphatic carbocycles. The quantitative estimate of drug-likeness (QED) is 0.719. The second-order valence-electron chi connectivity index (χ2n) is 3.44. The van der Waals surface area contributed by atoms with Crippen LogP contribution in [-0.4, -0.2) is 24.1 Å². The molecule has 0 aromatic heterocycles. The average molecular weight is 191 g/mol. The highest BCUT2D eigenvalue weighted by Crippen LogP contribution is 2.20. The summed E-state index contributed by atoms with van der Waals surface area (Å²) in [6, 6.07) is 8.00. The van der Waals surface area contributed by atoms with E-state index in [2.05, 4.69) is 4.58 Å². The molecule has 1 aliphatic heterocycles. The van der Waals surface area contributed by atoms with Crippen molar-refractivity contribution in [1.29, 1.82) is 0 Å². The van der Waals surface area contributed by atoms with Gasteiger partial charge in [0.15, 0.2) is 0 Å². The van der Waals surface area contributed by atoms with Gasteiger partial charge in [-0.25, -0.2) is 4.58 Å². The van der Waals surface area contributed by atoms with E-state index in [1.807, 2.05) is 24.3 Å². The van der Waals surface area contributed by atoms with Crippen LogP contribution >= 0.6 is 0 Å². The van der Waals surface area contributed by atoms with Crippen molar-refractivity contribution in [3.63, 3.8) is 0 Å². The smallest absolute Gasteiger partial charge is 0.247 e. The third-order valence-electron chi connectivity index (χ3n) is 2.55. The van der Waals surface area contributed by atoms with Crippen LogP contribution in [0.1, 0.15) is 12.8 Å². The fourth-order valence-corrected chi connectivity index (χ4v) is 1.75. The first kappa shape index (κ1) is 9.06. The zero-order chi connectivity index (χ0) is 9.97. The van der Waals surface area contributed by atoms with Gasteiger partial charge in [0, 0.05) is 0 Å². The lowest BCUT2D eigenvalue weighted by atomic mass is 10.3. The molecule has 1 aliphatic rings. The van der Waals surface area contributed by atoms with Gasteiger partial charge in [-0.2, -0.15) is 0 Å². The predicted molar refractivity (Wildman–Crippen MR) is 56.2 cm³/mol. The highest BCUT2D eigenvalue weighted by atomic mass is 16.5. The van der Waals surface area contributed by atoms with Crippen molar-refractivity contribution < 1.29 is 9.31 Å². The summed E-state index contributed by atoms with van der Waals surface area (Å²) in [5, 5.41) is 0. The number of nitrogens with zero attached hydrogens (tertiary/aromatic N) is 1. The number of methoxy groups -OCH3 is 1. The van der Waals surface area contributed by atoms with E-state index in [0.29, 0.717) is 0 Å². The number of ether oxygens (including phenoxy) is 1. The highest BCUT2D eigenvalue weighted by molar-refractivity contribution is 5.77. The first-order valence-corrected chi connectivity index (χ1v) is 4.84. The number of amidine groups is 1. The largest absolute Gasteiger partial charge is 0.497 e. The summed E-state index contributed by atoms with van der Waals surface area (Å²) >= 11 is 0. The maximum Gasteiger partial charge on any atom is 0.247 e. The van der Waals surface area contributed by atoms with Gasteiger partial charge in [-0.05, 0) is 30.7 Å². The summed E-state index contributed by atoms with van der Waals surface area (Å²) in [5.74, 6) is 1.85. The van der Waals surface area contributed by atoms with Crippen molar-refractivity contribution >= 4 is 11.5 Å². The molecule has 1 aromatic carbocycles. The van der Waals surface area contributed by atoms with Gasteiger partial charge in [-0.15, -0.1) is 0 Å². The van der Waals surface area contributed by atoms with Crippen LogP contribution in [-0.2, 0) is 0 Å². The summed E-state index contributed by atoms with van der Waals surface area (Å²) in [4.78, 5) is 0. The molecule has 0 bridgehead atoms. The molecule has 3 heteroatoms. The van der Waals surface area contributed by atoms with Crippen molar-refractivity contribution in [3.8, 4) is 5.75 Å². The molecule has 0 radical (unpaired) electrons. The molecular formula is C11H15N2O+. The highest BCUT2D eigenvalue weighted by Gasteiger charge is 2.18. The molecule has 1 heterocycles. The summed E-state index contributed by atoms with van der Waals surface area (Å²) in [6.45, 7) is 1.03. The molecule has 2 rings (SSSR count). The van der Waals surface area contributed by atoms with Crippen LogP contribution in [0.5, 0.6) is 5.75 Å². The molecule has 74 valence electrons. The fourth-order valence-electron chi connectivity index (χ4n) is 1.75. The molecule has 0 saturated carbocycles. The van der Waals surface area contributed by atoms with E-state index in [0.717, 1.165) is 36.7 Å². The standard InChI is InChI=1S/C11H14N2O/c1-14-10-6-4-9(5-7-10)13-8-2-3-11(13)12/h4-7,12H,2-3,8H2,1H3/p+1. The summed E-state index contributed by atoms with van der Waals surface area (Å²) < 4.78 is 7.25. The normalized spacial score (nSPS) is 16.1. The molecular weight excluding hydrogens is 176 g/mol. The van der Waals surface area contributed by atoms with Crippen molar-refractivity contribution in [2.24, 2.45) is 5.73 Å². The van der Waals surface area contributed by atoms with E-state index in [-0.39, 0.29) is 0 Å². The van der Waals surface area contributed by atoms with E-state index >= 15 is 0 Å². The SMILES string of the molecule is COc1ccc([N+]2=C(N)CCC2)cc1. The van der Waals surface area contributed by atoms with Crippen LogP contribution in [0.2, 0.25) is 0 Å². The van der Waals surface area contributed by atoms with Gasteiger partial charge in [-0.1, -0.05) is 0 Å². The van der Waals surface area contributed by atoms with Crippen molar-refractivity contribution in [1.82, 2.24) is 0 Å². The first-order valence-electron chi connectivity index (χ1n) is 4.84. The predicted octanol–water partition coefficient (Wildman–Crippen LogP) is 1.49. The molecule has 1 aromatic rings. The molecule has 0 fully saturated rings. The second kappa shape index (κ2) is 3.70. The fraction of sp³-hybridized carbons (Fsp3) is 0.364. The lowest BCUT2D eigenvalue weighted by molar-refractivity contribution is -0.432. The van der Waals surface area contributed by atoms with Crippen molar-refractivity contribution in [2.45, 2.75) is 12.8 Å². The number of benzene rings is 1. The van der Waals surface area contributed by atoms with E-state index in [9.17, 15) is 0 Å². The number of nitrogens with two attached hydrogens (primary N) is 1. The van der Waals surface area contributed by atoms with Gasteiger partial charge in [0.1, 0.15) is 11.4 Å². The Morgan fingerprint density at radius 3 is 2.50 bits per heavy atom. The average Bonchev–Trinajstić information content (AvgIpc) is 2.65. The Morgan fingerprint density at radius 2 is 2.00 bits per heavy atom. The molecule has 0 spiro atoms. The molecule has 3 nitrogen and oxygen atoms in total. The third kappa shape index (κ3) is 1.58. The van der Waals surface area contributed by atoms with Gasteiger partial charge in [-0.3, -0.25) is 5.73 Å². The molecule has 0 atom stereocenters. The Labute approximate surface area is 83.8 Å². The van der Waals surface area contributed by atoms with Crippen LogP contribution < -0.4 is 10.5 Å². The third-order valence-corrected chi connectivity index (χ3v) is 2.55. The van der Waals surface area contributed by atoms with Gasteiger partial charge in [0.2, 0.25) is 5.84 Å². The molecule has 2 N–H and O–H groups in total. The van der Waals surface area contributed by atoms with Crippen LogP contribution in [0.4, 0.5) is 5.69 Å². The molecule has 0 amide bonds. The maximum atomic E-state index is 5.89. The number of rotatable bonds is 2. The monoisotopic (exact) mass is 191 g/mol. The number of hydrogen-bond acceptors (Lipinski definition) is 2. The lowest BCUT2D eigenvalue weighted by Crippen LogP contribution is -2.18. The van der Waals surface area contributed by atoms with E-state index < -0.39 is 0 Å². The topological polar surface area (TPSA) is 38.3 Å². The minimum atomic E-state index is 0.881. The summed E-state index contributed by atoms with van der Waals surface area (Å²) in [7, 11) is 1.67. The molecule has 0 unspecified atom stereocenters. The van der Waals surface area contributed by atoms with Crippen LogP contribution in [0.25, 0.3) is 0 Å². The maximum absolute atomic E-state index is 5.89. The Balaban J connectivity index is 2.29. The van der Waals surface area contributed by atoms with E-state index in [4.69, 9.17) is 10.5 Å². The Kier molecular flexibility index (Phi) is 2.39. The van der Waals surface area contributed by atoms with Crippen LogP contribution in [0.15, 0.2) is 24.3 Å². The van der Waals surface area contributed by atoms with Crippen LogP contribution in [0, 0.1) is 0 Å². The van der Waals surface area contributed by atoms with Crippen molar-refractivity contribution in [3.05, 3.63) is 24.3 Å². The Hall–Kier alpha value is -1.51. The second-order valence-corrected chi connectivity index (χ2v) is 3.44. The van der Waals surface area contributed by atoms with E-state index in [1.165, 1.54) is 0 Å². The first-order chi connectivity index (χ1) is 6.81. The molecule has 14 heavy (non-hydrogen) atoms.